The van der Waals surface area contributed by atoms with Gasteiger partial charge in [0.1, 0.15) is 5.75 Å². The predicted octanol–water partition coefficient (Wildman–Crippen LogP) is 1.08. The molecule has 60 valence electrons. The monoisotopic (exact) mass is 154 g/mol. The molecule has 0 radical (unpaired) electrons. The third kappa shape index (κ3) is 1.35. The molecule has 0 amide bonds. The molecular formula is C7H10N2O2. The highest BCUT2D eigenvalue weighted by Gasteiger charge is 2.02. The summed E-state index contributed by atoms with van der Waals surface area (Å²) < 4.78 is 0. The average Bonchev–Trinajstić information content (AvgIpc) is 1.96. The lowest BCUT2D eigenvalue weighted by Gasteiger charge is -2.06. The molecule has 0 heterocycles. The van der Waals surface area contributed by atoms with Gasteiger partial charge in [-0.05, 0) is 18.6 Å². The third-order valence-electron chi connectivity index (χ3n) is 1.49. The second kappa shape index (κ2) is 2.67. The number of aromatic hydroxyl groups is 1. The molecule has 0 saturated carbocycles. The molecule has 0 aromatic heterocycles. The lowest BCUT2D eigenvalue weighted by molar-refractivity contribution is 0.388. The predicted molar refractivity (Wildman–Crippen MR) is 42.7 cm³/mol. The lowest BCUT2D eigenvalue weighted by Crippen LogP contribution is -1.97. The second-order valence-corrected chi connectivity index (χ2v) is 2.34. The molecule has 0 aliphatic heterocycles. The van der Waals surface area contributed by atoms with Crippen LogP contribution in [0.25, 0.3) is 0 Å². The van der Waals surface area contributed by atoms with Crippen molar-refractivity contribution in [1.29, 1.82) is 0 Å². The van der Waals surface area contributed by atoms with Gasteiger partial charge in [-0.15, -0.1) is 0 Å². The highest BCUT2D eigenvalue weighted by Crippen LogP contribution is 2.26. The summed E-state index contributed by atoms with van der Waals surface area (Å²) in [6, 6.07) is 2.87. The van der Waals surface area contributed by atoms with Crippen molar-refractivity contribution in [2.24, 2.45) is 0 Å². The van der Waals surface area contributed by atoms with Crippen molar-refractivity contribution >= 4 is 11.4 Å². The van der Waals surface area contributed by atoms with Gasteiger partial charge in [0.05, 0.1) is 11.4 Å². The minimum absolute atomic E-state index is 0.0771. The molecule has 0 saturated heterocycles. The van der Waals surface area contributed by atoms with Crippen molar-refractivity contribution in [3.63, 3.8) is 0 Å². The number of hydrogen-bond donors (Lipinski definition) is 4. The van der Waals surface area contributed by atoms with Crippen molar-refractivity contribution in [3.8, 4) is 5.75 Å². The molecule has 0 aliphatic rings. The van der Waals surface area contributed by atoms with Crippen molar-refractivity contribution in [3.05, 3.63) is 17.7 Å². The van der Waals surface area contributed by atoms with Gasteiger partial charge in [0.25, 0.3) is 0 Å². The number of hydrogen-bond acceptors (Lipinski definition) is 4. The minimum atomic E-state index is 0.0771. The van der Waals surface area contributed by atoms with E-state index in [0.29, 0.717) is 11.4 Å². The van der Waals surface area contributed by atoms with Gasteiger partial charge in [0.15, 0.2) is 0 Å². The Morgan fingerprint density at radius 3 is 2.64 bits per heavy atom. The Kier molecular flexibility index (Phi) is 1.87. The molecule has 1 aromatic carbocycles. The molecule has 11 heavy (non-hydrogen) atoms. The van der Waals surface area contributed by atoms with E-state index < -0.39 is 0 Å². The van der Waals surface area contributed by atoms with Crippen LogP contribution in [0.2, 0.25) is 0 Å². The van der Waals surface area contributed by atoms with Gasteiger partial charge in [0.2, 0.25) is 0 Å². The smallest absolute Gasteiger partial charge is 0.118 e. The number of nitrogen functional groups attached to an aromatic ring is 1. The second-order valence-electron chi connectivity index (χ2n) is 2.34. The third-order valence-corrected chi connectivity index (χ3v) is 1.49. The fraction of sp³-hybridized carbons (Fsp3) is 0.143. The minimum Gasteiger partial charge on any atom is -0.508 e. The number of phenols is 1. The fourth-order valence-corrected chi connectivity index (χ4v) is 0.872. The van der Waals surface area contributed by atoms with E-state index in [1.807, 2.05) is 5.48 Å². The Balaban J connectivity index is 3.24. The topological polar surface area (TPSA) is 78.5 Å². The number of benzene rings is 1. The number of phenolic OH excluding ortho intramolecular Hbond substituents is 1. The molecule has 0 bridgehead atoms. The highest BCUT2D eigenvalue weighted by atomic mass is 16.5. The van der Waals surface area contributed by atoms with E-state index in [1.54, 1.807) is 6.92 Å². The molecule has 4 heteroatoms. The normalized spacial score (nSPS) is 9.64. The summed E-state index contributed by atoms with van der Waals surface area (Å²) in [6.07, 6.45) is 0. The highest BCUT2D eigenvalue weighted by molar-refractivity contribution is 5.70. The van der Waals surface area contributed by atoms with Gasteiger partial charge in [-0.2, -0.15) is 0 Å². The van der Waals surface area contributed by atoms with E-state index in [1.165, 1.54) is 12.1 Å². The van der Waals surface area contributed by atoms with Crippen molar-refractivity contribution in [1.82, 2.24) is 0 Å². The van der Waals surface area contributed by atoms with Crippen molar-refractivity contribution < 1.29 is 10.3 Å². The van der Waals surface area contributed by atoms with Crippen LogP contribution >= 0.6 is 0 Å². The Morgan fingerprint density at radius 2 is 2.09 bits per heavy atom. The first-order valence-electron chi connectivity index (χ1n) is 3.14. The molecule has 0 fully saturated rings. The van der Waals surface area contributed by atoms with Crippen LogP contribution < -0.4 is 11.2 Å². The van der Waals surface area contributed by atoms with E-state index in [4.69, 9.17) is 16.0 Å². The molecule has 0 spiro atoms. The quantitative estimate of drug-likeness (QED) is 0.277. The van der Waals surface area contributed by atoms with Gasteiger partial charge < -0.3 is 10.8 Å². The van der Waals surface area contributed by atoms with Crippen LogP contribution in [0.4, 0.5) is 11.4 Å². The Hall–Kier alpha value is -1.42. The standard InChI is InChI=1S/C7H10N2O2/c1-4-2-5(10)3-6(9-11)7(4)8/h2-3,9-11H,8H2,1H3. The van der Waals surface area contributed by atoms with Crippen molar-refractivity contribution in [2.75, 3.05) is 11.2 Å². The fourth-order valence-electron chi connectivity index (χ4n) is 0.872. The van der Waals surface area contributed by atoms with Gasteiger partial charge in [-0.1, -0.05) is 0 Å². The first kappa shape index (κ1) is 7.68. The summed E-state index contributed by atoms with van der Waals surface area (Å²) in [7, 11) is 0. The van der Waals surface area contributed by atoms with E-state index in [9.17, 15) is 0 Å². The Labute approximate surface area is 64.2 Å². The van der Waals surface area contributed by atoms with Crippen LogP contribution in [-0.2, 0) is 0 Å². The Bertz CT molecular complexity index is 273. The molecular weight excluding hydrogens is 144 g/mol. The molecule has 4 nitrogen and oxygen atoms in total. The number of nitrogens with two attached hydrogens (primary N) is 1. The van der Waals surface area contributed by atoms with E-state index in [2.05, 4.69) is 0 Å². The van der Waals surface area contributed by atoms with Gasteiger partial charge in [0, 0.05) is 6.07 Å². The van der Waals surface area contributed by atoms with E-state index >= 15 is 0 Å². The van der Waals surface area contributed by atoms with Crippen LogP contribution in [0.1, 0.15) is 5.56 Å². The summed E-state index contributed by atoms with van der Waals surface area (Å²) in [5.41, 5.74) is 8.90. The van der Waals surface area contributed by atoms with Crippen LogP contribution in [0, 0.1) is 6.92 Å². The molecule has 5 N–H and O–H groups in total. The maximum Gasteiger partial charge on any atom is 0.118 e. The van der Waals surface area contributed by atoms with Crippen LogP contribution in [0.3, 0.4) is 0 Å². The maximum absolute atomic E-state index is 9.04. The largest absolute Gasteiger partial charge is 0.508 e. The molecule has 0 atom stereocenters. The molecule has 1 aromatic rings. The first-order chi connectivity index (χ1) is 5.15. The van der Waals surface area contributed by atoms with Crippen LogP contribution in [0.15, 0.2) is 12.1 Å². The molecule has 0 unspecified atom stereocenters. The number of anilines is 2. The van der Waals surface area contributed by atoms with E-state index in [-0.39, 0.29) is 5.75 Å². The SMILES string of the molecule is Cc1cc(O)cc(NO)c1N. The summed E-state index contributed by atoms with van der Waals surface area (Å²) in [5, 5.41) is 17.6. The van der Waals surface area contributed by atoms with Crippen molar-refractivity contribution in [2.45, 2.75) is 6.92 Å². The Morgan fingerprint density at radius 1 is 1.45 bits per heavy atom. The number of rotatable bonds is 1. The molecule has 1 rings (SSSR count). The van der Waals surface area contributed by atoms with Crippen LogP contribution in [-0.4, -0.2) is 10.3 Å². The number of aryl methyl sites for hydroxylation is 1. The maximum atomic E-state index is 9.04. The van der Waals surface area contributed by atoms with Gasteiger partial charge in [-0.25, -0.2) is 0 Å². The van der Waals surface area contributed by atoms with E-state index in [0.717, 1.165) is 5.56 Å². The zero-order valence-corrected chi connectivity index (χ0v) is 6.13. The van der Waals surface area contributed by atoms with Crippen LogP contribution in [0.5, 0.6) is 5.75 Å². The molecule has 0 aliphatic carbocycles. The summed E-state index contributed by atoms with van der Waals surface area (Å²) in [6.45, 7) is 1.75. The number of nitrogens with one attached hydrogen (secondary N) is 1. The average molecular weight is 154 g/mol. The first-order valence-corrected chi connectivity index (χ1v) is 3.14. The summed E-state index contributed by atoms with van der Waals surface area (Å²) in [5.74, 6) is 0.0771. The summed E-state index contributed by atoms with van der Waals surface area (Å²) >= 11 is 0. The zero-order chi connectivity index (χ0) is 8.43. The zero-order valence-electron chi connectivity index (χ0n) is 6.13. The van der Waals surface area contributed by atoms with Gasteiger partial charge >= 0.3 is 0 Å². The summed E-state index contributed by atoms with van der Waals surface area (Å²) in [4.78, 5) is 0. The van der Waals surface area contributed by atoms with Gasteiger partial charge in [-0.3, -0.25) is 10.7 Å². The lowest BCUT2D eigenvalue weighted by atomic mass is 10.1.